The van der Waals surface area contributed by atoms with E-state index in [-0.39, 0.29) is 6.09 Å². The molecule has 2 heterocycles. The molecule has 4 rings (SSSR count). The lowest BCUT2D eigenvalue weighted by atomic mass is 9.99. The fourth-order valence-corrected chi connectivity index (χ4v) is 3.88. The van der Waals surface area contributed by atoms with Gasteiger partial charge in [0.15, 0.2) is 0 Å². The molecule has 0 N–H and O–H groups in total. The van der Waals surface area contributed by atoms with E-state index in [9.17, 15) is 4.79 Å². The molecular formula is C21H22N2O2. The number of ether oxygens (including phenoxy) is 1. The average molecular weight is 334 g/mol. The van der Waals surface area contributed by atoms with E-state index in [1.165, 1.54) is 24.7 Å². The predicted molar refractivity (Wildman–Crippen MR) is 99.8 cm³/mol. The zero-order valence-electron chi connectivity index (χ0n) is 14.6. The summed E-state index contributed by atoms with van der Waals surface area (Å²) in [7, 11) is 3.58. The van der Waals surface area contributed by atoms with Gasteiger partial charge < -0.3 is 4.74 Å². The molecule has 128 valence electrons. The summed E-state index contributed by atoms with van der Waals surface area (Å²) in [6.45, 7) is 1.09. The number of methoxy groups -OCH3 is 1. The lowest BCUT2D eigenvalue weighted by Gasteiger charge is -2.19. The fourth-order valence-electron chi connectivity index (χ4n) is 3.88. The number of nitrogens with zero attached hydrogens (tertiary/aromatic N) is 2. The number of fused-ring (bicyclic) bond motifs is 1. The van der Waals surface area contributed by atoms with E-state index in [0.717, 1.165) is 29.4 Å². The molecule has 0 bridgehead atoms. The lowest BCUT2D eigenvalue weighted by molar-refractivity contribution is 0.174. The molecule has 0 spiro atoms. The molecule has 25 heavy (non-hydrogen) atoms. The largest absolute Gasteiger partial charge is 0.452 e. The van der Waals surface area contributed by atoms with E-state index in [1.807, 2.05) is 30.5 Å². The Labute approximate surface area is 147 Å². The van der Waals surface area contributed by atoms with Crippen LogP contribution in [0.25, 0.3) is 22.0 Å². The molecule has 4 nitrogen and oxygen atoms in total. The standard InChI is InChI=1S/C21H22N2O2/c1-22-12-6-9-19(22)18-14-23(21(24)25-2)20-11-10-16(13-17(18)20)15-7-4-3-5-8-15/h3-5,7-8,10-11,13-14,19H,6,9,12H2,1-2H3. The number of rotatable bonds is 2. The minimum absolute atomic E-state index is 0.343. The van der Waals surface area contributed by atoms with Crippen molar-refractivity contribution in [3.8, 4) is 11.1 Å². The molecule has 1 fully saturated rings. The molecule has 2 aromatic carbocycles. The Kier molecular flexibility index (Phi) is 4.06. The van der Waals surface area contributed by atoms with Gasteiger partial charge in [-0.05, 0) is 55.3 Å². The molecule has 0 radical (unpaired) electrons. The van der Waals surface area contributed by atoms with Crippen molar-refractivity contribution in [2.24, 2.45) is 0 Å². The first-order chi connectivity index (χ1) is 12.2. The van der Waals surface area contributed by atoms with Crippen LogP contribution in [-0.4, -0.2) is 36.3 Å². The molecule has 4 heteroatoms. The number of hydrogen-bond acceptors (Lipinski definition) is 3. The van der Waals surface area contributed by atoms with Crippen LogP contribution in [0.4, 0.5) is 4.79 Å². The lowest BCUT2D eigenvalue weighted by Crippen LogP contribution is -2.17. The number of aromatic nitrogens is 1. The number of carbonyl (C=O) groups excluding carboxylic acids is 1. The van der Waals surface area contributed by atoms with Gasteiger partial charge in [-0.25, -0.2) is 4.79 Å². The highest BCUT2D eigenvalue weighted by Crippen LogP contribution is 2.37. The SMILES string of the molecule is COC(=O)n1cc(C2CCCN2C)c2cc(-c3ccccc3)ccc21. The molecule has 1 atom stereocenters. The molecule has 0 aliphatic carbocycles. The van der Waals surface area contributed by atoms with Crippen molar-refractivity contribution >= 4 is 17.0 Å². The molecule has 0 saturated carbocycles. The van der Waals surface area contributed by atoms with Crippen molar-refractivity contribution in [2.45, 2.75) is 18.9 Å². The maximum atomic E-state index is 12.2. The highest BCUT2D eigenvalue weighted by molar-refractivity contribution is 5.94. The summed E-state index contributed by atoms with van der Waals surface area (Å²) >= 11 is 0. The fraction of sp³-hybridized carbons (Fsp3) is 0.286. The van der Waals surface area contributed by atoms with Crippen molar-refractivity contribution in [1.29, 1.82) is 0 Å². The number of carbonyl (C=O) groups is 1. The summed E-state index contributed by atoms with van der Waals surface area (Å²) < 4.78 is 6.60. The Balaban J connectivity index is 1.91. The molecule has 1 unspecified atom stereocenters. The highest BCUT2D eigenvalue weighted by atomic mass is 16.5. The first kappa shape index (κ1) is 15.9. The Hall–Kier alpha value is -2.59. The summed E-state index contributed by atoms with van der Waals surface area (Å²) in [5.74, 6) is 0. The van der Waals surface area contributed by atoms with Gasteiger partial charge in [0, 0.05) is 17.6 Å². The molecule has 0 amide bonds. The first-order valence-corrected chi connectivity index (χ1v) is 8.68. The van der Waals surface area contributed by atoms with Crippen LogP contribution in [0.1, 0.15) is 24.4 Å². The smallest absolute Gasteiger partial charge is 0.418 e. The van der Waals surface area contributed by atoms with Gasteiger partial charge in [0.1, 0.15) is 0 Å². The van der Waals surface area contributed by atoms with E-state index >= 15 is 0 Å². The third kappa shape index (κ3) is 2.72. The van der Waals surface area contributed by atoms with Crippen LogP contribution in [0, 0.1) is 0 Å². The molecule has 1 aliphatic rings. The summed E-state index contributed by atoms with van der Waals surface area (Å²) in [6, 6.07) is 17.0. The summed E-state index contributed by atoms with van der Waals surface area (Å²) in [5.41, 5.74) is 4.46. The zero-order chi connectivity index (χ0) is 17.4. The van der Waals surface area contributed by atoms with Gasteiger partial charge in [-0.15, -0.1) is 0 Å². The molecule has 3 aromatic rings. The topological polar surface area (TPSA) is 34.5 Å². The maximum absolute atomic E-state index is 12.2. The molecular weight excluding hydrogens is 312 g/mol. The summed E-state index contributed by atoms with van der Waals surface area (Å²) in [5, 5.41) is 1.13. The Morgan fingerprint density at radius 3 is 2.60 bits per heavy atom. The van der Waals surface area contributed by atoms with E-state index in [2.05, 4.69) is 36.2 Å². The van der Waals surface area contributed by atoms with E-state index in [4.69, 9.17) is 4.74 Å². The normalized spacial score (nSPS) is 17.9. The van der Waals surface area contributed by atoms with Crippen molar-refractivity contribution in [2.75, 3.05) is 20.7 Å². The number of likely N-dealkylation sites (tertiary alicyclic amines) is 1. The molecule has 1 aliphatic heterocycles. The Bertz CT molecular complexity index is 914. The van der Waals surface area contributed by atoms with E-state index in [0.29, 0.717) is 6.04 Å². The van der Waals surface area contributed by atoms with Crippen LogP contribution >= 0.6 is 0 Å². The van der Waals surface area contributed by atoms with Gasteiger partial charge in [-0.1, -0.05) is 36.4 Å². The summed E-state index contributed by atoms with van der Waals surface area (Å²) in [4.78, 5) is 14.6. The van der Waals surface area contributed by atoms with Crippen LogP contribution in [0.2, 0.25) is 0 Å². The van der Waals surface area contributed by atoms with Crippen LogP contribution < -0.4 is 0 Å². The second-order valence-electron chi connectivity index (χ2n) is 6.66. The van der Waals surface area contributed by atoms with Crippen molar-refractivity contribution in [3.63, 3.8) is 0 Å². The van der Waals surface area contributed by atoms with Crippen LogP contribution in [0.15, 0.2) is 54.7 Å². The second kappa shape index (κ2) is 6.37. The predicted octanol–water partition coefficient (Wildman–Crippen LogP) is 4.69. The van der Waals surface area contributed by atoms with E-state index in [1.54, 1.807) is 4.57 Å². The maximum Gasteiger partial charge on any atom is 0.418 e. The van der Waals surface area contributed by atoms with Gasteiger partial charge in [0.05, 0.1) is 12.6 Å². The van der Waals surface area contributed by atoms with Crippen molar-refractivity contribution in [3.05, 3.63) is 60.3 Å². The average Bonchev–Trinajstić information content (AvgIpc) is 3.24. The van der Waals surface area contributed by atoms with Crippen molar-refractivity contribution < 1.29 is 9.53 Å². The monoisotopic (exact) mass is 334 g/mol. The van der Waals surface area contributed by atoms with Crippen LogP contribution in [0.5, 0.6) is 0 Å². The third-order valence-corrected chi connectivity index (χ3v) is 5.19. The third-order valence-electron chi connectivity index (χ3n) is 5.19. The number of hydrogen-bond donors (Lipinski definition) is 0. The quantitative estimate of drug-likeness (QED) is 0.682. The molecule has 1 aromatic heterocycles. The second-order valence-corrected chi connectivity index (χ2v) is 6.66. The van der Waals surface area contributed by atoms with Gasteiger partial charge in [-0.3, -0.25) is 9.47 Å². The van der Waals surface area contributed by atoms with Gasteiger partial charge in [-0.2, -0.15) is 0 Å². The first-order valence-electron chi connectivity index (χ1n) is 8.68. The van der Waals surface area contributed by atoms with Crippen LogP contribution in [0.3, 0.4) is 0 Å². The van der Waals surface area contributed by atoms with Crippen molar-refractivity contribution in [1.82, 2.24) is 9.47 Å². The minimum atomic E-state index is -0.343. The van der Waals surface area contributed by atoms with E-state index < -0.39 is 0 Å². The number of benzene rings is 2. The Morgan fingerprint density at radius 2 is 1.92 bits per heavy atom. The summed E-state index contributed by atoms with van der Waals surface area (Å²) in [6.07, 6.45) is 3.92. The molecule has 1 saturated heterocycles. The van der Waals surface area contributed by atoms with Crippen LogP contribution in [-0.2, 0) is 4.74 Å². The Morgan fingerprint density at radius 1 is 1.12 bits per heavy atom. The zero-order valence-corrected chi connectivity index (χ0v) is 14.6. The van der Waals surface area contributed by atoms with Gasteiger partial charge >= 0.3 is 6.09 Å². The van der Waals surface area contributed by atoms with Gasteiger partial charge in [0.2, 0.25) is 0 Å². The highest BCUT2D eigenvalue weighted by Gasteiger charge is 2.27. The minimum Gasteiger partial charge on any atom is -0.452 e. The van der Waals surface area contributed by atoms with Gasteiger partial charge in [0.25, 0.3) is 0 Å².